The third-order valence-electron chi connectivity index (χ3n) is 3.47. The first-order valence-corrected chi connectivity index (χ1v) is 5.37. The number of hydrogen-bond donors (Lipinski definition) is 1. The van der Waals surface area contributed by atoms with Gasteiger partial charge in [0.25, 0.3) is 0 Å². The van der Waals surface area contributed by atoms with E-state index in [1.807, 2.05) is 6.92 Å². The second-order valence-corrected chi connectivity index (χ2v) is 4.64. The summed E-state index contributed by atoms with van der Waals surface area (Å²) in [6, 6.07) is -0.114. The van der Waals surface area contributed by atoms with Gasteiger partial charge in [-0.1, -0.05) is 0 Å². The molecule has 0 bridgehead atoms. The van der Waals surface area contributed by atoms with E-state index in [0.29, 0.717) is 13.2 Å². The number of halogens is 3. The minimum Gasteiger partial charge on any atom is -0.381 e. The predicted octanol–water partition coefficient (Wildman–Crippen LogP) is 2.10. The number of nitrogens with one attached hydrogen (secondary N) is 1. The van der Waals surface area contributed by atoms with E-state index < -0.39 is 11.7 Å². The molecule has 5 heteroatoms. The minimum absolute atomic E-state index is 0.114. The van der Waals surface area contributed by atoms with Crippen LogP contribution in [0.5, 0.6) is 0 Å². The van der Waals surface area contributed by atoms with Gasteiger partial charge >= 0.3 is 6.18 Å². The second kappa shape index (κ2) is 3.63. The number of ether oxygens (including phenoxy) is 1. The average molecular weight is 223 g/mol. The van der Waals surface area contributed by atoms with Crippen molar-refractivity contribution in [3.63, 3.8) is 0 Å². The van der Waals surface area contributed by atoms with Crippen LogP contribution in [0.15, 0.2) is 0 Å². The van der Waals surface area contributed by atoms with Gasteiger partial charge in [-0.2, -0.15) is 13.2 Å². The van der Waals surface area contributed by atoms with Crippen LogP contribution in [0.2, 0.25) is 0 Å². The third kappa shape index (κ3) is 2.13. The first-order valence-electron chi connectivity index (χ1n) is 5.37. The van der Waals surface area contributed by atoms with Crippen molar-refractivity contribution in [2.24, 2.45) is 5.92 Å². The Labute approximate surface area is 87.2 Å². The van der Waals surface area contributed by atoms with Crippen LogP contribution in [-0.4, -0.2) is 31.0 Å². The van der Waals surface area contributed by atoms with Crippen molar-refractivity contribution in [1.29, 1.82) is 0 Å². The molecule has 1 N–H and O–H groups in total. The van der Waals surface area contributed by atoms with E-state index in [1.165, 1.54) is 0 Å². The lowest BCUT2D eigenvalue weighted by molar-refractivity contribution is -0.168. The molecule has 1 heterocycles. The molecule has 0 spiro atoms. The van der Waals surface area contributed by atoms with Gasteiger partial charge < -0.3 is 10.1 Å². The van der Waals surface area contributed by atoms with Gasteiger partial charge in [-0.25, -0.2) is 0 Å². The molecule has 0 aromatic heterocycles. The highest BCUT2D eigenvalue weighted by Crippen LogP contribution is 2.49. The van der Waals surface area contributed by atoms with Gasteiger partial charge in [0.1, 0.15) is 5.54 Å². The summed E-state index contributed by atoms with van der Waals surface area (Å²) in [7, 11) is 0. The number of rotatable bonds is 3. The highest BCUT2D eigenvalue weighted by Gasteiger charge is 2.63. The normalized spacial score (nSPS) is 31.6. The molecule has 1 saturated carbocycles. The maximum atomic E-state index is 12.6. The second-order valence-electron chi connectivity index (χ2n) is 4.64. The Morgan fingerprint density at radius 3 is 2.47 bits per heavy atom. The molecule has 0 aromatic rings. The van der Waals surface area contributed by atoms with E-state index in [-0.39, 0.29) is 24.8 Å². The average Bonchev–Trinajstić information content (AvgIpc) is 2.74. The molecule has 0 amide bonds. The van der Waals surface area contributed by atoms with Crippen molar-refractivity contribution in [3.8, 4) is 0 Å². The summed E-state index contributed by atoms with van der Waals surface area (Å²) >= 11 is 0. The van der Waals surface area contributed by atoms with E-state index in [9.17, 15) is 13.2 Å². The fraction of sp³-hybridized carbons (Fsp3) is 1.00. The minimum atomic E-state index is -4.11. The molecule has 2 nitrogen and oxygen atoms in total. The fourth-order valence-electron chi connectivity index (χ4n) is 2.14. The summed E-state index contributed by atoms with van der Waals surface area (Å²) in [5.74, 6) is 0.227. The molecule has 2 aliphatic rings. The quantitative estimate of drug-likeness (QED) is 0.791. The lowest BCUT2D eigenvalue weighted by Crippen LogP contribution is -2.51. The standard InChI is InChI=1S/C10H16F3NO/c1-7(8-2-5-15-6-8)14-9(3-4-9)10(11,12)13/h7-8,14H,2-6H2,1H3. The Morgan fingerprint density at radius 1 is 1.40 bits per heavy atom. The van der Waals surface area contributed by atoms with Crippen molar-refractivity contribution >= 4 is 0 Å². The Kier molecular flexibility index (Phi) is 2.71. The molecule has 2 atom stereocenters. The van der Waals surface area contributed by atoms with Gasteiger partial charge in [-0.15, -0.1) is 0 Å². The molecule has 15 heavy (non-hydrogen) atoms. The van der Waals surface area contributed by atoms with E-state index >= 15 is 0 Å². The summed E-state index contributed by atoms with van der Waals surface area (Å²) in [6.07, 6.45) is -2.81. The van der Waals surface area contributed by atoms with Crippen LogP contribution in [0.3, 0.4) is 0 Å². The predicted molar refractivity (Wildman–Crippen MR) is 49.5 cm³/mol. The maximum absolute atomic E-state index is 12.6. The van der Waals surface area contributed by atoms with Crippen molar-refractivity contribution in [2.45, 2.75) is 43.9 Å². The van der Waals surface area contributed by atoms with Crippen LogP contribution in [0.4, 0.5) is 13.2 Å². The molecule has 1 aliphatic carbocycles. The summed E-state index contributed by atoms with van der Waals surface area (Å²) in [5.41, 5.74) is -1.59. The van der Waals surface area contributed by atoms with E-state index in [4.69, 9.17) is 4.74 Å². The van der Waals surface area contributed by atoms with E-state index in [1.54, 1.807) is 0 Å². The third-order valence-corrected chi connectivity index (χ3v) is 3.47. The number of hydrogen-bond acceptors (Lipinski definition) is 2. The highest BCUT2D eigenvalue weighted by atomic mass is 19.4. The molecule has 2 rings (SSSR count). The van der Waals surface area contributed by atoms with Gasteiger partial charge in [0.15, 0.2) is 0 Å². The zero-order valence-corrected chi connectivity index (χ0v) is 8.73. The lowest BCUT2D eigenvalue weighted by atomic mass is 9.99. The zero-order valence-electron chi connectivity index (χ0n) is 8.73. The Bertz CT molecular complexity index is 231. The Morgan fingerprint density at radius 2 is 2.07 bits per heavy atom. The highest BCUT2D eigenvalue weighted by molar-refractivity contribution is 5.09. The molecular formula is C10H16F3NO. The summed E-state index contributed by atoms with van der Waals surface area (Å²) in [4.78, 5) is 0. The van der Waals surface area contributed by atoms with Crippen LogP contribution in [0.25, 0.3) is 0 Å². The molecule has 1 saturated heterocycles. The largest absolute Gasteiger partial charge is 0.406 e. The molecule has 0 aromatic carbocycles. The number of alkyl halides is 3. The maximum Gasteiger partial charge on any atom is 0.406 e. The van der Waals surface area contributed by atoms with Gasteiger partial charge in [0.2, 0.25) is 0 Å². The van der Waals surface area contributed by atoms with Gasteiger partial charge in [0.05, 0.1) is 6.61 Å². The first-order chi connectivity index (χ1) is 6.95. The van der Waals surface area contributed by atoms with Gasteiger partial charge in [-0.05, 0) is 32.1 Å². The molecular weight excluding hydrogens is 207 g/mol. The molecule has 88 valence electrons. The topological polar surface area (TPSA) is 21.3 Å². The zero-order chi connectivity index (χ0) is 11.1. The van der Waals surface area contributed by atoms with Crippen LogP contribution >= 0.6 is 0 Å². The lowest BCUT2D eigenvalue weighted by Gasteiger charge is -2.28. The van der Waals surface area contributed by atoms with Crippen LogP contribution in [0.1, 0.15) is 26.2 Å². The first kappa shape index (κ1) is 11.2. The summed E-state index contributed by atoms with van der Waals surface area (Å²) < 4.78 is 43.1. The molecule has 1 aliphatic heterocycles. The van der Waals surface area contributed by atoms with E-state index in [0.717, 1.165) is 6.42 Å². The molecule has 0 radical (unpaired) electrons. The van der Waals surface area contributed by atoms with Crippen molar-refractivity contribution in [1.82, 2.24) is 5.32 Å². The SMILES string of the molecule is CC(NC1(C(F)(F)F)CC1)C1CCOC1. The Hall–Kier alpha value is -0.290. The summed E-state index contributed by atoms with van der Waals surface area (Å²) in [6.45, 7) is 3.09. The monoisotopic (exact) mass is 223 g/mol. The van der Waals surface area contributed by atoms with Crippen LogP contribution in [0, 0.1) is 5.92 Å². The summed E-state index contributed by atoms with van der Waals surface area (Å²) in [5, 5.41) is 2.74. The smallest absolute Gasteiger partial charge is 0.381 e. The van der Waals surface area contributed by atoms with Crippen LogP contribution < -0.4 is 5.32 Å². The van der Waals surface area contributed by atoms with Crippen molar-refractivity contribution in [3.05, 3.63) is 0 Å². The van der Waals surface area contributed by atoms with Gasteiger partial charge in [-0.3, -0.25) is 0 Å². The van der Waals surface area contributed by atoms with Gasteiger partial charge in [0, 0.05) is 12.6 Å². The fourth-order valence-corrected chi connectivity index (χ4v) is 2.14. The molecule has 2 unspecified atom stereocenters. The Balaban J connectivity index is 1.91. The van der Waals surface area contributed by atoms with E-state index in [2.05, 4.69) is 5.32 Å². The van der Waals surface area contributed by atoms with Crippen molar-refractivity contribution in [2.75, 3.05) is 13.2 Å². The van der Waals surface area contributed by atoms with Crippen LogP contribution in [-0.2, 0) is 4.74 Å². The molecule has 2 fully saturated rings. The van der Waals surface area contributed by atoms with Crippen molar-refractivity contribution < 1.29 is 17.9 Å².